The van der Waals surface area contributed by atoms with Crippen LogP contribution in [-0.2, 0) is 16.1 Å². The van der Waals surface area contributed by atoms with Crippen LogP contribution in [0.5, 0.6) is 0 Å². The highest BCUT2D eigenvalue weighted by Crippen LogP contribution is 2.38. The molecule has 0 aromatic carbocycles. The molecule has 3 rings (SSSR count). The molecule has 2 amide bonds. The molecule has 2 unspecified atom stereocenters. The topological polar surface area (TPSA) is 62.3 Å². The van der Waals surface area contributed by atoms with E-state index < -0.39 is 0 Å². The first-order valence-corrected chi connectivity index (χ1v) is 8.07. The minimum absolute atomic E-state index is 0.0232. The van der Waals surface area contributed by atoms with Crippen molar-refractivity contribution < 1.29 is 9.59 Å². The third kappa shape index (κ3) is 2.57. The minimum atomic E-state index is -0.351. The van der Waals surface area contributed by atoms with Crippen molar-refractivity contribution in [2.45, 2.75) is 51.2 Å². The van der Waals surface area contributed by atoms with Gasteiger partial charge in [0.1, 0.15) is 12.1 Å². The quantitative estimate of drug-likeness (QED) is 0.896. The molecule has 1 saturated carbocycles. The summed E-state index contributed by atoms with van der Waals surface area (Å²) in [5.74, 6) is 0.432. The van der Waals surface area contributed by atoms with E-state index in [-0.39, 0.29) is 23.9 Å². The Morgan fingerprint density at radius 3 is 2.85 bits per heavy atom. The molecule has 1 aliphatic heterocycles. The van der Waals surface area contributed by atoms with E-state index in [9.17, 15) is 9.59 Å². The smallest absolute Gasteiger partial charge is 0.246 e. The van der Waals surface area contributed by atoms with Gasteiger partial charge in [0.05, 0.1) is 12.1 Å². The minimum Gasteiger partial charge on any atom is -0.342 e. The highest BCUT2D eigenvalue weighted by molar-refractivity contribution is 7.09. The van der Waals surface area contributed by atoms with E-state index >= 15 is 0 Å². The van der Waals surface area contributed by atoms with Crippen molar-refractivity contribution in [2.75, 3.05) is 0 Å². The average molecular weight is 293 g/mol. The molecule has 0 spiro atoms. The fraction of sp³-hybridized carbons (Fsp3) is 0.643. The van der Waals surface area contributed by atoms with Gasteiger partial charge in [-0.05, 0) is 25.2 Å². The Morgan fingerprint density at radius 1 is 1.45 bits per heavy atom. The zero-order valence-corrected chi connectivity index (χ0v) is 12.4. The van der Waals surface area contributed by atoms with Gasteiger partial charge in [-0.1, -0.05) is 13.3 Å². The second kappa shape index (κ2) is 5.52. The van der Waals surface area contributed by atoms with Gasteiger partial charge in [-0.3, -0.25) is 14.6 Å². The van der Waals surface area contributed by atoms with Crippen molar-refractivity contribution in [3.63, 3.8) is 0 Å². The number of hydrogen-bond acceptors (Lipinski definition) is 4. The van der Waals surface area contributed by atoms with E-state index in [0.29, 0.717) is 18.9 Å². The monoisotopic (exact) mass is 293 g/mol. The summed E-state index contributed by atoms with van der Waals surface area (Å²) in [6.07, 6.45) is 5.47. The van der Waals surface area contributed by atoms with Gasteiger partial charge in [0.2, 0.25) is 11.8 Å². The van der Waals surface area contributed by atoms with E-state index in [2.05, 4.69) is 10.3 Å². The fourth-order valence-corrected chi connectivity index (χ4v) is 3.42. The first kappa shape index (κ1) is 13.5. The van der Waals surface area contributed by atoms with Crippen LogP contribution in [0.2, 0.25) is 0 Å². The van der Waals surface area contributed by atoms with Crippen LogP contribution in [0.4, 0.5) is 0 Å². The molecule has 2 heterocycles. The third-order valence-corrected chi connectivity index (χ3v) is 4.72. The highest BCUT2D eigenvalue weighted by Gasteiger charge is 2.47. The van der Waals surface area contributed by atoms with Crippen molar-refractivity contribution in [3.8, 4) is 0 Å². The van der Waals surface area contributed by atoms with Crippen LogP contribution in [0.15, 0.2) is 11.7 Å². The van der Waals surface area contributed by atoms with Crippen LogP contribution in [0.1, 0.15) is 37.5 Å². The molecule has 2 aliphatic rings. The molecule has 108 valence electrons. The molecule has 20 heavy (non-hydrogen) atoms. The third-order valence-electron chi connectivity index (χ3n) is 3.96. The van der Waals surface area contributed by atoms with Gasteiger partial charge in [0, 0.05) is 11.1 Å². The maximum Gasteiger partial charge on any atom is 0.246 e. The van der Waals surface area contributed by atoms with Crippen LogP contribution >= 0.6 is 11.3 Å². The molecule has 1 aliphatic carbocycles. The summed E-state index contributed by atoms with van der Waals surface area (Å²) in [6.45, 7) is 2.54. The summed E-state index contributed by atoms with van der Waals surface area (Å²) in [5.41, 5.74) is 1.76. The molecule has 2 fully saturated rings. The number of rotatable bonds is 5. The van der Waals surface area contributed by atoms with Crippen molar-refractivity contribution >= 4 is 23.2 Å². The van der Waals surface area contributed by atoms with E-state index in [4.69, 9.17) is 0 Å². The zero-order valence-electron chi connectivity index (χ0n) is 11.5. The number of nitrogens with one attached hydrogen (secondary N) is 1. The molecule has 1 aromatic heterocycles. The Labute approximate surface area is 122 Å². The van der Waals surface area contributed by atoms with Crippen LogP contribution in [0.3, 0.4) is 0 Å². The van der Waals surface area contributed by atoms with Crippen LogP contribution in [-0.4, -0.2) is 33.8 Å². The van der Waals surface area contributed by atoms with Gasteiger partial charge >= 0.3 is 0 Å². The Morgan fingerprint density at radius 2 is 2.25 bits per heavy atom. The molecule has 0 radical (unpaired) electrons. The van der Waals surface area contributed by atoms with Crippen LogP contribution in [0.25, 0.3) is 0 Å². The first-order chi connectivity index (χ1) is 9.70. The van der Waals surface area contributed by atoms with Gasteiger partial charge in [-0.25, -0.2) is 0 Å². The van der Waals surface area contributed by atoms with Crippen LogP contribution < -0.4 is 5.32 Å². The lowest BCUT2D eigenvalue weighted by Gasteiger charge is -2.39. The average Bonchev–Trinajstić information content (AvgIpc) is 3.12. The predicted octanol–water partition coefficient (Wildman–Crippen LogP) is 1.55. The molecular formula is C14H19N3O2S. The molecule has 1 N–H and O–H groups in total. The van der Waals surface area contributed by atoms with Crippen molar-refractivity contribution in [2.24, 2.45) is 5.92 Å². The Bertz CT molecular complexity index is 499. The number of nitrogens with zero attached hydrogens (tertiary/aromatic N) is 2. The fourth-order valence-electron chi connectivity index (χ4n) is 2.83. The summed E-state index contributed by atoms with van der Waals surface area (Å²) in [4.78, 5) is 31.8. The Hall–Kier alpha value is -1.43. The van der Waals surface area contributed by atoms with Crippen molar-refractivity contribution in [1.29, 1.82) is 0 Å². The molecule has 2 atom stereocenters. The number of amides is 2. The molecular weight excluding hydrogens is 274 g/mol. The maximum atomic E-state index is 12.6. The van der Waals surface area contributed by atoms with E-state index in [1.165, 1.54) is 11.3 Å². The van der Waals surface area contributed by atoms with Crippen LogP contribution in [0, 0.1) is 5.92 Å². The van der Waals surface area contributed by atoms with Gasteiger partial charge in [0.15, 0.2) is 0 Å². The molecule has 1 aromatic rings. The lowest BCUT2D eigenvalue weighted by Crippen LogP contribution is -2.63. The number of hydrogen-bond donors (Lipinski definition) is 1. The van der Waals surface area contributed by atoms with E-state index in [1.54, 1.807) is 16.6 Å². The lowest BCUT2D eigenvalue weighted by molar-refractivity contribution is -0.151. The maximum absolute atomic E-state index is 12.6. The molecule has 1 saturated heterocycles. The number of carbonyl (C=O) groups excluding carboxylic acids is 2. The summed E-state index contributed by atoms with van der Waals surface area (Å²) in [5, 5.41) is 2.91. The van der Waals surface area contributed by atoms with Gasteiger partial charge < -0.3 is 10.2 Å². The van der Waals surface area contributed by atoms with Crippen molar-refractivity contribution in [1.82, 2.24) is 15.2 Å². The SMILES string of the molecule is CCCC1NC(=O)C(C2CC2)N(Cc2cncs2)C1=O. The summed E-state index contributed by atoms with van der Waals surface area (Å²) in [6, 6.07) is -0.631. The van der Waals surface area contributed by atoms with Gasteiger partial charge in [-0.2, -0.15) is 0 Å². The highest BCUT2D eigenvalue weighted by atomic mass is 32.1. The first-order valence-electron chi connectivity index (χ1n) is 7.19. The van der Waals surface area contributed by atoms with E-state index in [0.717, 1.165) is 24.1 Å². The van der Waals surface area contributed by atoms with E-state index in [1.807, 2.05) is 6.92 Å². The molecule has 5 nitrogen and oxygen atoms in total. The summed E-state index contributed by atoms with van der Waals surface area (Å²) in [7, 11) is 0. The molecule has 0 bridgehead atoms. The number of thiazole rings is 1. The zero-order chi connectivity index (χ0) is 14.1. The largest absolute Gasteiger partial charge is 0.342 e. The Balaban J connectivity index is 1.82. The second-order valence-corrected chi connectivity index (χ2v) is 6.54. The normalized spacial score (nSPS) is 26.8. The summed E-state index contributed by atoms with van der Waals surface area (Å²) < 4.78 is 0. The summed E-state index contributed by atoms with van der Waals surface area (Å²) >= 11 is 1.53. The molecule has 6 heteroatoms. The lowest BCUT2D eigenvalue weighted by atomic mass is 10.0. The van der Waals surface area contributed by atoms with Gasteiger partial charge in [0.25, 0.3) is 0 Å². The number of carbonyl (C=O) groups is 2. The van der Waals surface area contributed by atoms with Crippen molar-refractivity contribution in [3.05, 3.63) is 16.6 Å². The second-order valence-electron chi connectivity index (χ2n) is 5.57. The number of piperazine rings is 1. The predicted molar refractivity (Wildman–Crippen MR) is 76.0 cm³/mol. The van der Waals surface area contributed by atoms with Gasteiger partial charge in [-0.15, -0.1) is 11.3 Å². The number of aromatic nitrogens is 1. The standard InChI is InChI=1S/C14H19N3O2S/c1-2-3-11-14(19)17(7-10-6-15-8-20-10)12(9-4-5-9)13(18)16-11/h6,8-9,11-12H,2-5,7H2,1H3,(H,16,18). The Kier molecular flexibility index (Phi) is 3.74.